The molecule has 0 fully saturated rings. The Balaban J connectivity index is 2.49. The van der Waals surface area contributed by atoms with E-state index in [1.165, 1.54) is 21.3 Å². The SMILES string of the molecule is CC(C)C1=NCCc2cc(Br)ccc21. The molecule has 2 rings (SSSR count). The van der Waals surface area contributed by atoms with Crippen molar-refractivity contribution in [3.63, 3.8) is 0 Å². The Hall–Kier alpha value is -0.630. The van der Waals surface area contributed by atoms with Crippen molar-refractivity contribution in [2.45, 2.75) is 20.3 Å². The van der Waals surface area contributed by atoms with E-state index < -0.39 is 0 Å². The van der Waals surface area contributed by atoms with Crippen molar-refractivity contribution in [2.75, 3.05) is 6.54 Å². The molecule has 0 atom stereocenters. The van der Waals surface area contributed by atoms with E-state index in [2.05, 4.69) is 53.0 Å². The molecule has 1 heterocycles. The van der Waals surface area contributed by atoms with Crippen LogP contribution in [0.5, 0.6) is 0 Å². The molecule has 0 unspecified atom stereocenters. The summed E-state index contributed by atoms with van der Waals surface area (Å²) in [7, 11) is 0. The number of hydrogen-bond donors (Lipinski definition) is 0. The Labute approximate surface area is 93.4 Å². The van der Waals surface area contributed by atoms with Gasteiger partial charge in [0.1, 0.15) is 0 Å². The van der Waals surface area contributed by atoms with Gasteiger partial charge in [-0.25, -0.2) is 0 Å². The van der Waals surface area contributed by atoms with E-state index in [1.807, 2.05) is 0 Å². The number of halogens is 1. The summed E-state index contributed by atoms with van der Waals surface area (Å²) in [6.45, 7) is 5.35. The third kappa shape index (κ3) is 1.76. The van der Waals surface area contributed by atoms with E-state index in [4.69, 9.17) is 0 Å². The van der Waals surface area contributed by atoms with Gasteiger partial charge in [-0.05, 0) is 35.6 Å². The predicted octanol–water partition coefficient (Wildman–Crippen LogP) is 3.45. The van der Waals surface area contributed by atoms with Crippen molar-refractivity contribution >= 4 is 21.6 Å². The van der Waals surface area contributed by atoms with Crippen LogP contribution in [0.3, 0.4) is 0 Å². The predicted molar refractivity (Wildman–Crippen MR) is 64.1 cm³/mol. The zero-order valence-corrected chi connectivity index (χ0v) is 10.1. The molecule has 74 valence electrons. The second-order valence-corrected chi connectivity index (χ2v) is 4.89. The van der Waals surface area contributed by atoms with E-state index in [0.29, 0.717) is 5.92 Å². The first-order valence-corrected chi connectivity index (χ1v) is 5.81. The minimum atomic E-state index is 0.523. The van der Waals surface area contributed by atoms with Crippen molar-refractivity contribution in [3.8, 4) is 0 Å². The number of nitrogens with zero attached hydrogens (tertiary/aromatic N) is 1. The quantitative estimate of drug-likeness (QED) is 0.725. The Morgan fingerprint density at radius 3 is 2.86 bits per heavy atom. The monoisotopic (exact) mass is 251 g/mol. The van der Waals surface area contributed by atoms with Crippen molar-refractivity contribution < 1.29 is 0 Å². The summed E-state index contributed by atoms with van der Waals surface area (Å²) in [5.74, 6) is 0.523. The lowest BCUT2D eigenvalue weighted by molar-refractivity contribution is 0.839. The van der Waals surface area contributed by atoms with Gasteiger partial charge in [0.25, 0.3) is 0 Å². The van der Waals surface area contributed by atoms with Crippen LogP contribution >= 0.6 is 15.9 Å². The smallest absolute Gasteiger partial charge is 0.0448 e. The summed E-state index contributed by atoms with van der Waals surface area (Å²) in [5, 5.41) is 0. The molecule has 0 radical (unpaired) electrons. The third-order valence-electron chi connectivity index (χ3n) is 2.55. The highest BCUT2D eigenvalue weighted by molar-refractivity contribution is 9.10. The fourth-order valence-electron chi connectivity index (χ4n) is 1.89. The molecule has 0 amide bonds. The molecule has 1 aliphatic heterocycles. The van der Waals surface area contributed by atoms with Crippen molar-refractivity contribution in [1.29, 1.82) is 0 Å². The Bertz CT molecular complexity index is 380. The molecule has 0 saturated carbocycles. The van der Waals surface area contributed by atoms with E-state index >= 15 is 0 Å². The number of fused-ring (bicyclic) bond motifs is 1. The highest BCUT2D eigenvalue weighted by atomic mass is 79.9. The van der Waals surface area contributed by atoms with E-state index in [-0.39, 0.29) is 0 Å². The maximum absolute atomic E-state index is 4.60. The summed E-state index contributed by atoms with van der Waals surface area (Å²) in [5.41, 5.74) is 4.03. The molecule has 2 heteroatoms. The number of aliphatic imine (C=N–C) groups is 1. The van der Waals surface area contributed by atoms with Gasteiger partial charge in [-0.2, -0.15) is 0 Å². The second kappa shape index (κ2) is 3.85. The summed E-state index contributed by atoms with van der Waals surface area (Å²) >= 11 is 3.51. The molecular weight excluding hydrogens is 238 g/mol. The fourth-order valence-corrected chi connectivity index (χ4v) is 2.30. The lowest BCUT2D eigenvalue weighted by atomic mass is 9.92. The van der Waals surface area contributed by atoms with Gasteiger partial charge in [0, 0.05) is 16.7 Å². The molecular formula is C12H14BrN. The van der Waals surface area contributed by atoms with Crippen LogP contribution in [0.4, 0.5) is 0 Å². The third-order valence-corrected chi connectivity index (χ3v) is 3.05. The summed E-state index contributed by atoms with van der Waals surface area (Å²) in [4.78, 5) is 4.60. The number of rotatable bonds is 1. The van der Waals surface area contributed by atoms with Crippen LogP contribution in [0.25, 0.3) is 0 Å². The van der Waals surface area contributed by atoms with E-state index in [0.717, 1.165) is 13.0 Å². The largest absolute Gasteiger partial charge is 0.289 e. The van der Waals surface area contributed by atoms with Gasteiger partial charge in [-0.15, -0.1) is 0 Å². The van der Waals surface area contributed by atoms with Gasteiger partial charge in [0.15, 0.2) is 0 Å². The highest BCUT2D eigenvalue weighted by Crippen LogP contribution is 2.23. The first-order valence-electron chi connectivity index (χ1n) is 5.01. The van der Waals surface area contributed by atoms with Crippen LogP contribution in [-0.2, 0) is 6.42 Å². The minimum absolute atomic E-state index is 0.523. The zero-order valence-electron chi connectivity index (χ0n) is 8.55. The van der Waals surface area contributed by atoms with Crippen LogP contribution in [-0.4, -0.2) is 12.3 Å². The molecule has 0 spiro atoms. The zero-order chi connectivity index (χ0) is 10.1. The van der Waals surface area contributed by atoms with Crippen LogP contribution in [0.1, 0.15) is 25.0 Å². The number of hydrogen-bond acceptors (Lipinski definition) is 1. The van der Waals surface area contributed by atoms with Crippen molar-refractivity contribution in [3.05, 3.63) is 33.8 Å². The lowest BCUT2D eigenvalue weighted by Crippen LogP contribution is -2.17. The summed E-state index contributed by atoms with van der Waals surface area (Å²) < 4.78 is 1.17. The minimum Gasteiger partial charge on any atom is -0.289 e. The van der Waals surface area contributed by atoms with Crippen molar-refractivity contribution in [1.82, 2.24) is 0 Å². The van der Waals surface area contributed by atoms with Crippen LogP contribution in [0.15, 0.2) is 27.7 Å². The van der Waals surface area contributed by atoms with E-state index in [1.54, 1.807) is 0 Å². The Kier molecular flexibility index (Phi) is 2.73. The van der Waals surface area contributed by atoms with E-state index in [9.17, 15) is 0 Å². The van der Waals surface area contributed by atoms with Crippen LogP contribution in [0, 0.1) is 5.92 Å². The first-order chi connectivity index (χ1) is 6.68. The molecule has 1 aromatic rings. The van der Waals surface area contributed by atoms with Gasteiger partial charge < -0.3 is 0 Å². The Morgan fingerprint density at radius 1 is 1.36 bits per heavy atom. The highest BCUT2D eigenvalue weighted by Gasteiger charge is 2.16. The molecule has 0 aromatic heterocycles. The topological polar surface area (TPSA) is 12.4 Å². The second-order valence-electron chi connectivity index (χ2n) is 3.97. The number of benzene rings is 1. The van der Waals surface area contributed by atoms with Crippen molar-refractivity contribution in [2.24, 2.45) is 10.9 Å². The standard InChI is InChI=1S/C12H14BrN/c1-8(2)12-11-4-3-10(13)7-9(11)5-6-14-12/h3-4,7-8H,5-6H2,1-2H3. The Morgan fingerprint density at radius 2 is 2.14 bits per heavy atom. The molecule has 1 aromatic carbocycles. The fraction of sp³-hybridized carbons (Fsp3) is 0.417. The van der Waals surface area contributed by atoms with Gasteiger partial charge in [-0.3, -0.25) is 4.99 Å². The van der Waals surface area contributed by atoms with Gasteiger partial charge >= 0.3 is 0 Å². The molecule has 0 bridgehead atoms. The molecule has 0 saturated heterocycles. The summed E-state index contributed by atoms with van der Waals surface area (Å²) in [6, 6.07) is 6.49. The maximum atomic E-state index is 4.60. The van der Waals surface area contributed by atoms with Crippen LogP contribution in [0.2, 0.25) is 0 Å². The average Bonchev–Trinajstić information content (AvgIpc) is 2.16. The van der Waals surface area contributed by atoms with Gasteiger partial charge in [0.2, 0.25) is 0 Å². The first kappa shape index (κ1) is 9.91. The lowest BCUT2D eigenvalue weighted by Gasteiger charge is -2.19. The molecule has 14 heavy (non-hydrogen) atoms. The molecule has 0 aliphatic carbocycles. The maximum Gasteiger partial charge on any atom is 0.0448 e. The molecule has 1 nitrogen and oxygen atoms in total. The normalized spacial score (nSPS) is 15.3. The van der Waals surface area contributed by atoms with Crippen LogP contribution < -0.4 is 0 Å². The van der Waals surface area contributed by atoms with Gasteiger partial charge in [-0.1, -0.05) is 35.8 Å². The molecule has 0 N–H and O–H groups in total. The van der Waals surface area contributed by atoms with Gasteiger partial charge in [0.05, 0.1) is 0 Å². The average molecular weight is 252 g/mol. The molecule has 1 aliphatic rings. The summed E-state index contributed by atoms with van der Waals surface area (Å²) in [6.07, 6.45) is 1.07.